The highest BCUT2D eigenvalue weighted by Gasteiger charge is 2.15. The Labute approximate surface area is 125 Å². The molecule has 2 rings (SSSR count). The number of nitrogens with zero attached hydrogens (tertiary/aromatic N) is 2. The van der Waals surface area contributed by atoms with Crippen LogP contribution in [0.3, 0.4) is 0 Å². The van der Waals surface area contributed by atoms with Crippen molar-refractivity contribution in [3.05, 3.63) is 48.0 Å². The molecule has 1 aromatic heterocycles. The van der Waals surface area contributed by atoms with E-state index in [0.717, 1.165) is 12.1 Å². The molecule has 0 aliphatic rings. The number of nitrogens with one attached hydrogen (secondary N) is 2. The van der Waals surface area contributed by atoms with Crippen molar-refractivity contribution < 1.29 is 8.42 Å². The second-order valence-electron chi connectivity index (χ2n) is 4.71. The van der Waals surface area contributed by atoms with Crippen LogP contribution < -0.4 is 10.0 Å². The SMILES string of the molecule is CCNCc1cccc(S(=O)(=O)NCc2nccn2C)c1. The number of rotatable bonds is 7. The summed E-state index contributed by atoms with van der Waals surface area (Å²) in [6, 6.07) is 6.93. The van der Waals surface area contributed by atoms with E-state index >= 15 is 0 Å². The summed E-state index contributed by atoms with van der Waals surface area (Å²) in [5, 5.41) is 3.18. The Morgan fingerprint density at radius 3 is 2.76 bits per heavy atom. The number of hydrogen-bond acceptors (Lipinski definition) is 4. The lowest BCUT2D eigenvalue weighted by atomic mass is 10.2. The van der Waals surface area contributed by atoms with E-state index in [4.69, 9.17) is 0 Å². The summed E-state index contributed by atoms with van der Waals surface area (Å²) < 4.78 is 28.9. The van der Waals surface area contributed by atoms with E-state index in [9.17, 15) is 8.42 Å². The molecular formula is C14H20N4O2S. The lowest BCUT2D eigenvalue weighted by molar-refractivity contribution is 0.577. The third-order valence-corrected chi connectivity index (χ3v) is 4.53. The van der Waals surface area contributed by atoms with Gasteiger partial charge in [0.15, 0.2) is 0 Å². The molecule has 2 aromatic rings. The van der Waals surface area contributed by atoms with Crippen molar-refractivity contribution in [3.63, 3.8) is 0 Å². The van der Waals surface area contributed by atoms with Crippen molar-refractivity contribution in [3.8, 4) is 0 Å². The van der Waals surface area contributed by atoms with Gasteiger partial charge < -0.3 is 9.88 Å². The molecule has 114 valence electrons. The van der Waals surface area contributed by atoms with Crippen LogP contribution in [0, 0.1) is 0 Å². The zero-order chi connectivity index (χ0) is 15.3. The van der Waals surface area contributed by atoms with E-state index < -0.39 is 10.0 Å². The summed E-state index contributed by atoms with van der Waals surface area (Å²) in [7, 11) is -1.70. The largest absolute Gasteiger partial charge is 0.337 e. The molecule has 6 nitrogen and oxygen atoms in total. The average Bonchev–Trinajstić information content (AvgIpc) is 2.89. The van der Waals surface area contributed by atoms with Gasteiger partial charge in [-0.3, -0.25) is 0 Å². The van der Waals surface area contributed by atoms with Crippen LogP contribution >= 0.6 is 0 Å². The van der Waals surface area contributed by atoms with Gasteiger partial charge in [0.2, 0.25) is 10.0 Å². The number of aromatic nitrogens is 2. The molecule has 0 saturated carbocycles. The smallest absolute Gasteiger partial charge is 0.240 e. The van der Waals surface area contributed by atoms with Gasteiger partial charge in [-0.1, -0.05) is 19.1 Å². The summed E-state index contributed by atoms with van der Waals surface area (Å²) in [5.74, 6) is 0.669. The highest BCUT2D eigenvalue weighted by atomic mass is 32.2. The summed E-state index contributed by atoms with van der Waals surface area (Å²) in [4.78, 5) is 4.37. The van der Waals surface area contributed by atoms with Crippen LogP contribution in [0.15, 0.2) is 41.6 Å². The molecule has 0 spiro atoms. The minimum atomic E-state index is -3.53. The lowest BCUT2D eigenvalue weighted by Crippen LogP contribution is -2.25. The van der Waals surface area contributed by atoms with Crippen LogP contribution in [0.1, 0.15) is 18.3 Å². The lowest BCUT2D eigenvalue weighted by Gasteiger charge is -2.09. The van der Waals surface area contributed by atoms with E-state index in [1.807, 2.05) is 20.0 Å². The van der Waals surface area contributed by atoms with Crippen molar-refractivity contribution in [2.45, 2.75) is 24.9 Å². The Morgan fingerprint density at radius 2 is 2.10 bits per heavy atom. The Kier molecular flexibility index (Phi) is 5.11. The van der Waals surface area contributed by atoms with Crippen molar-refractivity contribution in [2.24, 2.45) is 7.05 Å². The molecule has 0 atom stereocenters. The molecule has 7 heteroatoms. The average molecular weight is 308 g/mol. The van der Waals surface area contributed by atoms with Crippen molar-refractivity contribution in [2.75, 3.05) is 6.54 Å². The summed E-state index contributed by atoms with van der Waals surface area (Å²) in [5.41, 5.74) is 0.941. The van der Waals surface area contributed by atoms with Gasteiger partial charge in [-0.2, -0.15) is 0 Å². The van der Waals surface area contributed by atoms with E-state index in [-0.39, 0.29) is 11.4 Å². The van der Waals surface area contributed by atoms with Crippen molar-refractivity contribution in [1.29, 1.82) is 0 Å². The molecule has 0 fully saturated rings. The van der Waals surface area contributed by atoms with Crippen LogP contribution in [0.2, 0.25) is 0 Å². The van der Waals surface area contributed by atoms with Gasteiger partial charge in [0, 0.05) is 26.0 Å². The molecule has 0 aliphatic carbocycles. The Balaban J connectivity index is 2.10. The maximum atomic E-state index is 12.3. The van der Waals surface area contributed by atoms with Crippen LogP contribution in [-0.4, -0.2) is 24.5 Å². The predicted molar refractivity (Wildman–Crippen MR) is 81.1 cm³/mol. The molecule has 0 radical (unpaired) electrons. The fourth-order valence-electron chi connectivity index (χ4n) is 1.90. The van der Waals surface area contributed by atoms with Gasteiger partial charge in [-0.15, -0.1) is 0 Å². The summed E-state index contributed by atoms with van der Waals surface area (Å²) in [6.45, 7) is 3.67. The Bertz CT molecular complexity index is 695. The van der Waals surface area contributed by atoms with Gasteiger partial charge >= 0.3 is 0 Å². The zero-order valence-corrected chi connectivity index (χ0v) is 13.0. The Morgan fingerprint density at radius 1 is 1.29 bits per heavy atom. The van der Waals surface area contributed by atoms with Crippen LogP contribution in [-0.2, 0) is 30.2 Å². The highest BCUT2D eigenvalue weighted by Crippen LogP contribution is 2.12. The van der Waals surface area contributed by atoms with Gasteiger partial charge in [0.1, 0.15) is 5.82 Å². The van der Waals surface area contributed by atoms with Gasteiger partial charge in [0.05, 0.1) is 11.4 Å². The van der Waals surface area contributed by atoms with Crippen LogP contribution in [0.5, 0.6) is 0 Å². The first-order valence-corrected chi connectivity index (χ1v) is 8.27. The third-order valence-electron chi connectivity index (χ3n) is 3.13. The molecule has 0 amide bonds. The molecule has 1 aromatic carbocycles. The maximum absolute atomic E-state index is 12.3. The zero-order valence-electron chi connectivity index (χ0n) is 12.2. The van der Waals surface area contributed by atoms with E-state index in [2.05, 4.69) is 15.0 Å². The second kappa shape index (κ2) is 6.84. The summed E-state index contributed by atoms with van der Waals surface area (Å²) >= 11 is 0. The van der Waals surface area contributed by atoms with E-state index in [1.165, 1.54) is 0 Å². The molecule has 0 aliphatic heterocycles. The Hall–Kier alpha value is -1.70. The number of aryl methyl sites for hydroxylation is 1. The van der Waals surface area contributed by atoms with Gasteiger partial charge in [-0.05, 0) is 24.2 Å². The normalized spacial score (nSPS) is 11.7. The topological polar surface area (TPSA) is 76.0 Å². The minimum absolute atomic E-state index is 0.170. The number of imidazole rings is 1. The molecular weight excluding hydrogens is 288 g/mol. The third kappa shape index (κ3) is 4.13. The quantitative estimate of drug-likeness (QED) is 0.800. The maximum Gasteiger partial charge on any atom is 0.240 e. The number of hydrogen-bond donors (Lipinski definition) is 2. The van der Waals surface area contributed by atoms with Crippen LogP contribution in [0.4, 0.5) is 0 Å². The van der Waals surface area contributed by atoms with Crippen molar-refractivity contribution >= 4 is 10.0 Å². The molecule has 0 bridgehead atoms. The van der Waals surface area contributed by atoms with Crippen molar-refractivity contribution in [1.82, 2.24) is 19.6 Å². The first-order valence-electron chi connectivity index (χ1n) is 6.78. The minimum Gasteiger partial charge on any atom is -0.337 e. The molecule has 0 saturated heterocycles. The van der Waals surface area contributed by atoms with Gasteiger partial charge in [-0.25, -0.2) is 18.1 Å². The molecule has 21 heavy (non-hydrogen) atoms. The van der Waals surface area contributed by atoms with Crippen LogP contribution in [0.25, 0.3) is 0 Å². The van der Waals surface area contributed by atoms with Gasteiger partial charge in [0.25, 0.3) is 0 Å². The predicted octanol–water partition coefficient (Wildman–Crippen LogP) is 1.01. The first kappa shape index (κ1) is 15.7. The monoisotopic (exact) mass is 308 g/mol. The fourth-order valence-corrected chi connectivity index (χ4v) is 2.95. The first-order chi connectivity index (χ1) is 10.0. The number of benzene rings is 1. The van der Waals surface area contributed by atoms with E-state index in [1.54, 1.807) is 35.2 Å². The standard InChI is InChI=1S/C14H20N4O2S/c1-3-15-10-12-5-4-6-13(9-12)21(19,20)17-11-14-16-7-8-18(14)2/h4-9,15,17H,3,10-11H2,1-2H3. The highest BCUT2D eigenvalue weighted by molar-refractivity contribution is 7.89. The molecule has 2 N–H and O–H groups in total. The number of sulfonamides is 1. The summed E-state index contributed by atoms with van der Waals surface area (Å²) in [6.07, 6.45) is 3.42. The van der Waals surface area contributed by atoms with E-state index in [0.29, 0.717) is 12.4 Å². The fraction of sp³-hybridized carbons (Fsp3) is 0.357. The second-order valence-corrected chi connectivity index (χ2v) is 6.47. The molecule has 0 unspecified atom stereocenters. The molecule has 1 heterocycles.